The second-order valence-electron chi connectivity index (χ2n) is 8.23. The Kier molecular flexibility index (Phi) is 4.91. The topological polar surface area (TPSA) is 90.0 Å². The highest BCUT2D eigenvalue weighted by Crippen LogP contribution is 2.37. The molecule has 1 heterocycles. The first-order chi connectivity index (χ1) is 14.3. The van der Waals surface area contributed by atoms with Crippen molar-refractivity contribution in [1.29, 1.82) is 0 Å². The zero-order valence-corrected chi connectivity index (χ0v) is 17.2. The molecule has 0 radical (unpaired) electrons. The Morgan fingerprint density at radius 3 is 2.47 bits per heavy atom. The van der Waals surface area contributed by atoms with E-state index in [-0.39, 0.29) is 17.2 Å². The fraction of sp³-hybridized carbons (Fsp3) is 0.167. The summed E-state index contributed by atoms with van der Waals surface area (Å²) in [5, 5.41) is 25.1. The number of anilines is 2. The van der Waals surface area contributed by atoms with Crippen LogP contribution in [-0.2, 0) is 5.41 Å². The molecule has 4 aromatic rings. The van der Waals surface area contributed by atoms with E-state index in [9.17, 15) is 9.90 Å². The quantitative estimate of drug-likeness (QED) is 0.346. The summed E-state index contributed by atoms with van der Waals surface area (Å²) >= 11 is 0. The summed E-state index contributed by atoms with van der Waals surface area (Å²) in [7, 11) is 0. The van der Waals surface area contributed by atoms with E-state index in [2.05, 4.69) is 41.6 Å². The van der Waals surface area contributed by atoms with Crippen molar-refractivity contribution in [3.63, 3.8) is 0 Å². The molecule has 0 atom stereocenters. The maximum absolute atomic E-state index is 12.8. The molecule has 6 nitrogen and oxygen atoms in total. The molecule has 0 aliphatic rings. The molecule has 3 aromatic carbocycles. The van der Waals surface area contributed by atoms with Gasteiger partial charge in [0.05, 0.1) is 11.4 Å². The number of carbonyl (C=O) groups excluding carboxylic acids is 1. The number of aromatic hydroxyl groups is 1. The summed E-state index contributed by atoms with van der Waals surface area (Å²) in [5.41, 5.74) is 2.88. The smallest absolute Gasteiger partial charge is 0.324 e. The van der Waals surface area contributed by atoms with Gasteiger partial charge in [0, 0.05) is 16.4 Å². The Morgan fingerprint density at radius 2 is 1.70 bits per heavy atom. The van der Waals surface area contributed by atoms with Gasteiger partial charge in [-0.2, -0.15) is 5.10 Å². The predicted octanol–water partition coefficient (Wildman–Crippen LogP) is 5.88. The SMILES string of the molecule is CC(C)(C)c1[nH]nc(NC(=O)Nc2cccc3ccccc23)c1-c1cccc(O)c1. The van der Waals surface area contributed by atoms with Crippen LogP contribution < -0.4 is 10.6 Å². The van der Waals surface area contributed by atoms with Crippen molar-refractivity contribution < 1.29 is 9.90 Å². The van der Waals surface area contributed by atoms with Crippen molar-refractivity contribution in [3.8, 4) is 16.9 Å². The first-order valence-corrected chi connectivity index (χ1v) is 9.77. The van der Waals surface area contributed by atoms with Crippen LogP contribution in [0.2, 0.25) is 0 Å². The van der Waals surface area contributed by atoms with Gasteiger partial charge < -0.3 is 10.4 Å². The number of hydrogen-bond acceptors (Lipinski definition) is 3. The third kappa shape index (κ3) is 3.85. The third-order valence-electron chi connectivity index (χ3n) is 4.92. The summed E-state index contributed by atoms with van der Waals surface area (Å²) in [6.45, 7) is 6.19. The zero-order valence-electron chi connectivity index (χ0n) is 17.2. The minimum Gasteiger partial charge on any atom is -0.508 e. The van der Waals surface area contributed by atoms with E-state index in [0.29, 0.717) is 5.82 Å². The third-order valence-corrected chi connectivity index (χ3v) is 4.92. The number of hydrogen-bond donors (Lipinski definition) is 4. The van der Waals surface area contributed by atoms with E-state index in [1.807, 2.05) is 48.5 Å². The van der Waals surface area contributed by atoms with E-state index in [0.717, 1.165) is 33.3 Å². The van der Waals surface area contributed by atoms with Gasteiger partial charge >= 0.3 is 6.03 Å². The van der Waals surface area contributed by atoms with Gasteiger partial charge in [-0.05, 0) is 29.1 Å². The van der Waals surface area contributed by atoms with Gasteiger partial charge in [0.2, 0.25) is 0 Å². The van der Waals surface area contributed by atoms with Crippen LogP contribution in [0.5, 0.6) is 5.75 Å². The lowest BCUT2D eigenvalue weighted by Crippen LogP contribution is -2.20. The minimum atomic E-state index is -0.389. The Morgan fingerprint density at radius 1 is 0.967 bits per heavy atom. The summed E-state index contributed by atoms with van der Waals surface area (Å²) in [6.07, 6.45) is 0. The summed E-state index contributed by atoms with van der Waals surface area (Å²) in [5.74, 6) is 0.558. The molecule has 0 saturated heterocycles. The molecular formula is C24H24N4O2. The van der Waals surface area contributed by atoms with E-state index in [1.54, 1.807) is 18.2 Å². The van der Waals surface area contributed by atoms with Gasteiger partial charge in [-0.15, -0.1) is 0 Å². The number of benzene rings is 3. The molecule has 4 N–H and O–H groups in total. The minimum absolute atomic E-state index is 0.153. The fourth-order valence-corrected chi connectivity index (χ4v) is 3.51. The van der Waals surface area contributed by atoms with Crippen molar-refractivity contribution in [2.24, 2.45) is 0 Å². The standard InChI is InChI=1S/C24H24N4O2/c1-24(2,3)21-20(16-10-6-11-17(29)14-16)22(28-27-21)26-23(30)25-19-13-7-9-15-8-4-5-12-18(15)19/h4-14,29H,1-3H3,(H3,25,26,27,28,30). The zero-order chi connectivity index (χ0) is 21.3. The van der Waals surface area contributed by atoms with Gasteiger partial charge in [0.1, 0.15) is 5.75 Å². The monoisotopic (exact) mass is 400 g/mol. The lowest BCUT2D eigenvalue weighted by molar-refractivity contribution is 0.262. The molecule has 0 bridgehead atoms. The van der Waals surface area contributed by atoms with Gasteiger partial charge in [-0.3, -0.25) is 10.4 Å². The van der Waals surface area contributed by atoms with Gasteiger partial charge in [0.15, 0.2) is 5.82 Å². The molecule has 4 rings (SSSR count). The molecule has 0 saturated carbocycles. The average molecular weight is 400 g/mol. The first-order valence-electron chi connectivity index (χ1n) is 9.77. The molecule has 0 fully saturated rings. The van der Waals surface area contributed by atoms with E-state index in [4.69, 9.17) is 0 Å². The Bertz CT molecular complexity index is 1220. The second kappa shape index (κ2) is 7.55. The number of fused-ring (bicyclic) bond motifs is 1. The van der Waals surface area contributed by atoms with E-state index in [1.165, 1.54) is 0 Å². The number of rotatable bonds is 3. The van der Waals surface area contributed by atoms with Crippen molar-refractivity contribution >= 4 is 28.3 Å². The Labute approximate surface area is 175 Å². The molecule has 0 aliphatic heterocycles. The molecule has 0 aliphatic carbocycles. The van der Waals surface area contributed by atoms with Crippen LogP contribution in [-0.4, -0.2) is 21.3 Å². The van der Waals surface area contributed by atoms with Crippen LogP contribution in [0.3, 0.4) is 0 Å². The van der Waals surface area contributed by atoms with Crippen LogP contribution in [0.15, 0.2) is 66.7 Å². The molecule has 6 heteroatoms. The van der Waals surface area contributed by atoms with Crippen molar-refractivity contribution in [2.45, 2.75) is 26.2 Å². The van der Waals surface area contributed by atoms with Crippen molar-refractivity contribution in [1.82, 2.24) is 10.2 Å². The highest BCUT2D eigenvalue weighted by molar-refractivity contribution is 6.07. The summed E-state index contributed by atoms with van der Waals surface area (Å²) in [4.78, 5) is 12.8. The number of aromatic amines is 1. The average Bonchev–Trinajstić information content (AvgIpc) is 3.12. The number of urea groups is 1. The largest absolute Gasteiger partial charge is 0.508 e. The molecule has 0 spiro atoms. The number of carbonyl (C=O) groups is 1. The van der Waals surface area contributed by atoms with E-state index >= 15 is 0 Å². The number of nitrogens with one attached hydrogen (secondary N) is 3. The Hall–Kier alpha value is -3.80. The van der Waals surface area contributed by atoms with Gasteiger partial charge in [0.25, 0.3) is 0 Å². The van der Waals surface area contributed by atoms with Gasteiger partial charge in [-0.1, -0.05) is 69.3 Å². The number of phenols is 1. The Balaban J connectivity index is 1.68. The van der Waals surface area contributed by atoms with Crippen LogP contribution >= 0.6 is 0 Å². The van der Waals surface area contributed by atoms with Crippen molar-refractivity contribution in [3.05, 3.63) is 72.4 Å². The first kappa shape index (κ1) is 19.5. The van der Waals surface area contributed by atoms with Crippen LogP contribution in [0, 0.1) is 0 Å². The second-order valence-corrected chi connectivity index (χ2v) is 8.23. The highest BCUT2D eigenvalue weighted by Gasteiger charge is 2.26. The lowest BCUT2D eigenvalue weighted by atomic mass is 9.87. The van der Waals surface area contributed by atoms with Gasteiger partial charge in [-0.25, -0.2) is 4.79 Å². The predicted molar refractivity (Wildman–Crippen MR) is 121 cm³/mol. The number of aromatic nitrogens is 2. The van der Waals surface area contributed by atoms with Crippen LogP contribution in [0.4, 0.5) is 16.3 Å². The molecule has 1 aromatic heterocycles. The number of amides is 2. The molecule has 2 amide bonds. The maximum Gasteiger partial charge on any atom is 0.324 e. The fourth-order valence-electron chi connectivity index (χ4n) is 3.51. The van der Waals surface area contributed by atoms with Crippen LogP contribution in [0.25, 0.3) is 21.9 Å². The maximum atomic E-state index is 12.8. The van der Waals surface area contributed by atoms with Crippen molar-refractivity contribution in [2.75, 3.05) is 10.6 Å². The molecule has 0 unspecified atom stereocenters. The highest BCUT2D eigenvalue weighted by atomic mass is 16.3. The number of nitrogens with zero attached hydrogens (tertiary/aromatic N) is 1. The van der Waals surface area contributed by atoms with Crippen LogP contribution in [0.1, 0.15) is 26.5 Å². The summed E-state index contributed by atoms with van der Waals surface area (Å²) < 4.78 is 0. The summed E-state index contributed by atoms with van der Waals surface area (Å²) in [6, 6.07) is 20.2. The normalized spacial score (nSPS) is 11.4. The number of phenolic OH excluding ortho intramolecular Hbond substituents is 1. The lowest BCUT2D eigenvalue weighted by Gasteiger charge is -2.19. The number of H-pyrrole nitrogens is 1. The molecular weight excluding hydrogens is 376 g/mol. The van der Waals surface area contributed by atoms with E-state index < -0.39 is 0 Å². The molecule has 152 valence electrons. The molecule has 30 heavy (non-hydrogen) atoms.